The van der Waals surface area contributed by atoms with E-state index in [0.717, 1.165) is 29.5 Å². The lowest BCUT2D eigenvalue weighted by Crippen LogP contribution is -2.37. The first kappa shape index (κ1) is 21.9. The van der Waals surface area contributed by atoms with Gasteiger partial charge in [-0.2, -0.15) is 5.10 Å². The number of hydrogen-bond acceptors (Lipinski definition) is 8. The summed E-state index contributed by atoms with van der Waals surface area (Å²) in [6.45, 7) is 5.76. The van der Waals surface area contributed by atoms with Crippen LogP contribution in [0, 0.1) is 13.8 Å². The van der Waals surface area contributed by atoms with Crippen molar-refractivity contribution in [1.29, 1.82) is 0 Å². The van der Waals surface area contributed by atoms with Gasteiger partial charge in [0.2, 0.25) is 0 Å². The molecule has 3 N–H and O–H groups in total. The second-order valence-corrected chi connectivity index (χ2v) is 9.05. The second kappa shape index (κ2) is 9.52. The molecule has 0 unspecified atom stereocenters. The number of amides is 1. The van der Waals surface area contributed by atoms with E-state index in [2.05, 4.69) is 35.7 Å². The number of carbonyl (C=O) groups excluding carboxylic acids is 1. The summed E-state index contributed by atoms with van der Waals surface area (Å²) in [4.78, 5) is 29.3. The average Bonchev–Trinajstić information content (AvgIpc) is 3.18. The predicted molar refractivity (Wildman–Crippen MR) is 133 cm³/mol. The molecule has 1 aliphatic heterocycles. The lowest BCUT2D eigenvalue weighted by atomic mass is 10.2. The Hall–Kier alpha value is -3.92. The van der Waals surface area contributed by atoms with Gasteiger partial charge in [0.1, 0.15) is 11.6 Å². The number of nitrogens with zero attached hydrogens (tertiary/aromatic N) is 5. The van der Waals surface area contributed by atoms with Crippen molar-refractivity contribution in [3.05, 3.63) is 71.7 Å². The SMILES string of the molecule is Cc1cc(Nc2cc(N3CCC3)nc(Sc3ccc(NC(=O)c4cccnc4C)cc3)n2)n[nH]1. The number of H-pyrrole nitrogens is 1. The summed E-state index contributed by atoms with van der Waals surface area (Å²) in [6.07, 6.45) is 2.84. The molecule has 0 spiro atoms. The molecule has 1 fully saturated rings. The maximum Gasteiger partial charge on any atom is 0.257 e. The van der Waals surface area contributed by atoms with E-state index in [1.807, 2.05) is 50.2 Å². The normalized spacial score (nSPS) is 12.8. The highest BCUT2D eigenvalue weighted by molar-refractivity contribution is 7.99. The van der Waals surface area contributed by atoms with Crippen LogP contribution in [0.25, 0.3) is 0 Å². The zero-order valence-corrected chi connectivity index (χ0v) is 19.7. The summed E-state index contributed by atoms with van der Waals surface area (Å²) >= 11 is 1.47. The van der Waals surface area contributed by atoms with Gasteiger partial charge in [0.25, 0.3) is 5.91 Å². The zero-order valence-electron chi connectivity index (χ0n) is 18.9. The Morgan fingerprint density at radius 1 is 1.06 bits per heavy atom. The van der Waals surface area contributed by atoms with E-state index in [0.29, 0.717) is 33.7 Å². The smallest absolute Gasteiger partial charge is 0.257 e. The van der Waals surface area contributed by atoms with E-state index in [4.69, 9.17) is 4.98 Å². The van der Waals surface area contributed by atoms with Crippen LogP contribution >= 0.6 is 11.8 Å². The highest BCUT2D eigenvalue weighted by Crippen LogP contribution is 2.31. The summed E-state index contributed by atoms with van der Waals surface area (Å²) in [6, 6.07) is 15.0. The van der Waals surface area contributed by atoms with Gasteiger partial charge in [0.05, 0.1) is 5.56 Å². The molecule has 172 valence electrons. The largest absolute Gasteiger partial charge is 0.356 e. The Bertz CT molecular complexity index is 1320. The van der Waals surface area contributed by atoms with Gasteiger partial charge in [-0.3, -0.25) is 14.9 Å². The van der Waals surface area contributed by atoms with Gasteiger partial charge >= 0.3 is 0 Å². The van der Waals surface area contributed by atoms with Gasteiger partial charge in [-0.05, 0) is 68.4 Å². The number of carbonyl (C=O) groups is 1. The van der Waals surface area contributed by atoms with Gasteiger partial charge in [-0.25, -0.2) is 9.97 Å². The average molecular weight is 473 g/mol. The summed E-state index contributed by atoms with van der Waals surface area (Å²) in [5, 5.41) is 14.0. The minimum Gasteiger partial charge on any atom is -0.356 e. The molecular formula is C24H24N8OS. The first-order valence-corrected chi connectivity index (χ1v) is 11.8. The lowest BCUT2D eigenvalue weighted by molar-refractivity contribution is 0.102. The van der Waals surface area contributed by atoms with E-state index in [-0.39, 0.29) is 5.91 Å². The molecule has 3 aromatic heterocycles. The molecule has 1 aliphatic rings. The van der Waals surface area contributed by atoms with Crippen molar-refractivity contribution in [2.45, 2.75) is 30.3 Å². The number of aromatic nitrogens is 5. The molecule has 0 atom stereocenters. The van der Waals surface area contributed by atoms with E-state index in [9.17, 15) is 4.79 Å². The zero-order chi connectivity index (χ0) is 23.5. The van der Waals surface area contributed by atoms with Crippen molar-refractivity contribution < 1.29 is 4.79 Å². The van der Waals surface area contributed by atoms with Crippen LogP contribution in [0.4, 0.5) is 23.1 Å². The third-order valence-electron chi connectivity index (χ3n) is 5.41. The first-order valence-electron chi connectivity index (χ1n) is 11.0. The van der Waals surface area contributed by atoms with Crippen LogP contribution in [0.5, 0.6) is 0 Å². The number of aromatic amines is 1. The van der Waals surface area contributed by atoms with Gasteiger partial charge < -0.3 is 15.5 Å². The summed E-state index contributed by atoms with van der Waals surface area (Å²) < 4.78 is 0. The van der Waals surface area contributed by atoms with Crippen molar-refractivity contribution in [3.63, 3.8) is 0 Å². The van der Waals surface area contributed by atoms with Crippen LogP contribution in [0.1, 0.15) is 28.2 Å². The fraction of sp³-hybridized carbons (Fsp3) is 0.208. The molecule has 1 aromatic carbocycles. The Balaban J connectivity index is 1.31. The predicted octanol–water partition coefficient (Wildman–Crippen LogP) is 4.57. The van der Waals surface area contributed by atoms with Gasteiger partial charge in [0, 0.05) is 53.4 Å². The third-order valence-corrected chi connectivity index (χ3v) is 6.28. The van der Waals surface area contributed by atoms with Crippen LogP contribution in [0.2, 0.25) is 0 Å². The van der Waals surface area contributed by atoms with E-state index in [1.54, 1.807) is 18.3 Å². The van der Waals surface area contributed by atoms with Gasteiger partial charge in [-0.15, -0.1) is 0 Å². The number of rotatable bonds is 7. The second-order valence-electron chi connectivity index (χ2n) is 8.01. The molecule has 0 radical (unpaired) electrons. The number of hydrogen-bond donors (Lipinski definition) is 3. The number of benzene rings is 1. The standard InChI is InChI=1S/C24H24N8OS/c1-15-13-21(31-30-15)27-20-14-22(32-11-4-12-32)29-24(28-20)34-18-8-6-17(7-9-18)26-23(33)19-5-3-10-25-16(19)2/h3,5-10,13-14H,4,11-12H2,1-2H3,(H,26,33)(H2,27,28,29,30,31). The van der Waals surface area contributed by atoms with Gasteiger partial charge in [0.15, 0.2) is 11.0 Å². The van der Waals surface area contributed by atoms with Crippen molar-refractivity contribution in [2.75, 3.05) is 28.6 Å². The molecular weight excluding hydrogens is 448 g/mol. The van der Waals surface area contributed by atoms with Crippen molar-refractivity contribution >= 4 is 40.8 Å². The topological polar surface area (TPSA) is 112 Å². The molecule has 1 saturated heterocycles. The molecule has 0 aliphatic carbocycles. The van der Waals surface area contributed by atoms with Crippen molar-refractivity contribution in [1.82, 2.24) is 25.1 Å². The maximum atomic E-state index is 12.5. The minimum absolute atomic E-state index is 0.180. The van der Waals surface area contributed by atoms with Crippen molar-refractivity contribution in [3.8, 4) is 0 Å². The van der Waals surface area contributed by atoms with Crippen LogP contribution in [-0.2, 0) is 0 Å². The first-order chi connectivity index (χ1) is 16.5. The molecule has 9 nitrogen and oxygen atoms in total. The Labute approximate surface area is 201 Å². The number of anilines is 4. The van der Waals surface area contributed by atoms with Crippen LogP contribution in [0.3, 0.4) is 0 Å². The minimum atomic E-state index is -0.180. The number of aryl methyl sites for hydroxylation is 2. The lowest BCUT2D eigenvalue weighted by Gasteiger charge is -2.32. The van der Waals surface area contributed by atoms with E-state index in [1.165, 1.54) is 18.2 Å². The van der Waals surface area contributed by atoms with Gasteiger partial charge in [-0.1, -0.05) is 0 Å². The molecule has 10 heteroatoms. The fourth-order valence-corrected chi connectivity index (χ4v) is 4.24. The Morgan fingerprint density at radius 2 is 1.88 bits per heavy atom. The molecule has 0 bridgehead atoms. The van der Waals surface area contributed by atoms with E-state index >= 15 is 0 Å². The summed E-state index contributed by atoms with van der Waals surface area (Å²) in [5.74, 6) is 2.13. The molecule has 4 aromatic rings. The van der Waals surface area contributed by atoms with Crippen LogP contribution in [-0.4, -0.2) is 44.1 Å². The third kappa shape index (κ3) is 5.01. The van der Waals surface area contributed by atoms with Crippen LogP contribution in [0.15, 0.2) is 64.8 Å². The monoisotopic (exact) mass is 472 g/mol. The van der Waals surface area contributed by atoms with Crippen LogP contribution < -0.4 is 15.5 Å². The molecule has 5 rings (SSSR count). The Kier molecular flexibility index (Phi) is 6.13. The number of nitrogens with one attached hydrogen (secondary N) is 3. The fourth-order valence-electron chi connectivity index (χ4n) is 3.48. The molecule has 34 heavy (non-hydrogen) atoms. The Morgan fingerprint density at radius 3 is 2.56 bits per heavy atom. The molecule has 4 heterocycles. The maximum absolute atomic E-state index is 12.5. The molecule has 1 amide bonds. The van der Waals surface area contributed by atoms with Crippen molar-refractivity contribution in [2.24, 2.45) is 0 Å². The number of pyridine rings is 1. The molecule has 0 saturated carbocycles. The highest BCUT2D eigenvalue weighted by atomic mass is 32.2. The summed E-state index contributed by atoms with van der Waals surface area (Å²) in [5.41, 5.74) is 2.94. The quantitative estimate of drug-likeness (QED) is 0.336. The summed E-state index contributed by atoms with van der Waals surface area (Å²) in [7, 11) is 0. The highest BCUT2D eigenvalue weighted by Gasteiger charge is 2.18. The van der Waals surface area contributed by atoms with E-state index < -0.39 is 0 Å².